The lowest BCUT2D eigenvalue weighted by molar-refractivity contribution is 0.715. The second-order valence-electron chi connectivity index (χ2n) is 7.09. The van der Waals surface area contributed by atoms with Gasteiger partial charge in [0.25, 0.3) is 0 Å². The number of hydrogen-bond donors (Lipinski definition) is 0. The standard InChI is InChI=1S/C16H28NP/c1-15(2,3)18(16(4,5)6)14-11-9-13(10-12-14)17(7)8/h9-12H,1-8H3. The van der Waals surface area contributed by atoms with Crippen LogP contribution in [0.5, 0.6) is 0 Å². The zero-order valence-corrected chi connectivity index (χ0v) is 14.1. The predicted octanol–water partition coefficient (Wildman–Crippen LogP) is 4.46. The molecule has 102 valence electrons. The fraction of sp³-hybridized carbons (Fsp3) is 0.625. The van der Waals surface area contributed by atoms with E-state index in [-0.39, 0.29) is 7.92 Å². The van der Waals surface area contributed by atoms with Crippen molar-refractivity contribution in [1.29, 1.82) is 0 Å². The second kappa shape index (κ2) is 5.21. The molecule has 0 amide bonds. The van der Waals surface area contributed by atoms with Crippen molar-refractivity contribution >= 4 is 18.9 Å². The molecule has 0 N–H and O–H groups in total. The first-order chi connectivity index (χ1) is 8.03. The van der Waals surface area contributed by atoms with Crippen LogP contribution < -0.4 is 10.2 Å². The summed E-state index contributed by atoms with van der Waals surface area (Å²) in [6.07, 6.45) is 0. The van der Waals surface area contributed by atoms with Crippen molar-refractivity contribution in [2.75, 3.05) is 19.0 Å². The van der Waals surface area contributed by atoms with E-state index in [4.69, 9.17) is 0 Å². The molecule has 0 aliphatic carbocycles. The van der Waals surface area contributed by atoms with Crippen molar-refractivity contribution in [1.82, 2.24) is 0 Å². The predicted molar refractivity (Wildman–Crippen MR) is 86.8 cm³/mol. The molecule has 1 aromatic rings. The number of hydrogen-bond acceptors (Lipinski definition) is 1. The van der Waals surface area contributed by atoms with E-state index in [2.05, 4.69) is 84.8 Å². The Morgan fingerprint density at radius 3 is 1.44 bits per heavy atom. The molecule has 0 saturated heterocycles. The third-order valence-corrected chi connectivity index (χ3v) is 6.46. The maximum atomic E-state index is 2.36. The SMILES string of the molecule is CN(C)c1ccc(P(C(C)(C)C)C(C)(C)C)cc1. The second-order valence-corrected chi connectivity index (χ2v) is 11.0. The highest BCUT2D eigenvalue weighted by atomic mass is 31.1. The van der Waals surface area contributed by atoms with Crippen molar-refractivity contribution in [3.8, 4) is 0 Å². The Kier molecular flexibility index (Phi) is 4.49. The Balaban J connectivity index is 3.16. The van der Waals surface area contributed by atoms with Crippen molar-refractivity contribution in [3.63, 3.8) is 0 Å². The first-order valence-electron chi connectivity index (χ1n) is 6.61. The summed E-state index contributed by atoms with van der Waals surface area (Å²) in [7, 11) is 3.99. The Hall–Kier alpha value is -0.550. The van der Waals surface area contributed by atoms with Crippen LogP contribution >= 0.6 is 7.92 Å². The first kappa shape index (κ1) is 15.5. The van der Waals surface area contributed by atoms with Crippen molar-refractivity contribution < 1.29 is 0 Å². The van der Waals surface area contributed by atoms with Gasteiger partial charge in [-0.1, -0.05) is 61.6 Å². The summed E-state index contributed by atoms with van der Waals surface area (Å²) in [5, 5.41) is 2.19. The summed E-state index contributed by atoms with van der Waals surface area (Å²) in [5.74, 6) is 0. The molecule has 0 aliphatic heterocycles. The first-order valence-corrected chi connectivity index (χ1v) is 7.95. The largest absolute Gasteiger partial charge is 0.378 e. The molecule has 1 aromatic carbocycles. The zero-order chi connectivity index (χ0) is 14.1. The van der Waals surface area contributed by atoms with E-state index in [1.807, 2.05) is 0 Å². The van der Waals surface area contributed by atoms with Gasteiger partial charge >= 0.3 is 0 Å². The maximum Gasteiger partial charge on any atom is 0.0361 e. The van der Waals surface area contributed by atoms with Crippen LogP contribution in [0.15, 0.2) is 24.3 Å². The van der Waals surface area contributed by atoms with E-state index in [0.717, 1.165) is 0 Å². The summed E-state index contributed by atoms with van der Waals surface area (Å²) < 4.78 is 0. The smallest absolute Gasteiger partial charge is 0.0361 e. The van der Waals surface area contributed by atoms with Crippen LogP contribution in [0.3, 0.4) is 0 Å². The van der Waals surface area contributed by atoms with Crippen LogP contribution in [-0.2, 0) is 0 Å². The molecule has 1 nitrogen and oxygen atoms in total. The fourth-order valence-electron chi connectivity index (χ4n) is 2.68. The van der Waals surface area contributed by atoms with Gasteiger partial charge in [0.05, 0.1) is 0 Å². The minimum absolute atomic E-state index is 0.188. The van der Waals surface area contributed by atoms with E-state index < -0.39 is 0 Å². The molecule has 0 atom stereocenters. The number of benzene rings is 1. The normalized spacial score (nSPS) is 12.9. The Bertz CT molecular complexity index is 365. The van der Waals surface area contributed by atoms with Crippen LogP contribution in [-0.4, -0.2) is 24.4 Å². The Labute approximate surface area is 114 Å². The van der Waals surface area contributed by atoms with E-state index >= 15 is 0 Å². The lowest BCUT2D eigenvalue weighted by Crippen LogP contribution is -2.31. The van der Waals surface area contributed by atoms with Crippen molar-refractivity contribution in [3.05, 3.63) is 24.3 Å². The zero-order valence-electron chi connectivity index (χ0n) is 13.2. The molecule has 0 unspecified atom stereocenters. The lowest BCUT2D eigenvalue weighted by atomic mass is 10.2. The van der Waals surface area contributed by atoms with E-state index in [0.29, 0.717) is 10.3 Å². The van der Waals surface area contributed by atoms with Crippen LogP contribution in [0.1, 0.15) is 41.5 Å². The molecule has 18 heavy (non-hydrogen) atoms. The molecular formula is C16H28NP. The minimum atomic E-state index is -0.188. The molecule has 0 saturated carbocycles. The molecule has 0 radical (unpaired) electrons. The quantitative estimate of drug-likeness (QED) is 0.714. The molecule has 0 aliphatic rings. The number of rotatable bonds is 2. The molecule has 0 heterocycles. The maximum absolute atomic E-state index is 2.36. The Morgan fingerprint density at radius 1 is 0.778 bits per heavy atom. The third kappa shape index (κ3) is 3.72. The van der Waals surface area contributed by atoms with Gasteiger partial charge in [0.2, 0.25) is 0 Å². The van der Waals surface area contributed by atoms with E-state index in [9.17, 15) is 0 Å². The highest BCUT2D eigenvalue weighted by Gasteiger charge is 2.35. The average Bonchev–Trinajstić information content (AvgIpc) is 2.13. The highest BCUT2D eigenvalue weighted by Crippen LogP contribution is 2.58. The molecule has 0 aromatic heterocycles. The van der Waals surface area contributed by atoms with E-state index in [1.165, 1.54) is 11.0 Å². The monoisotopic (exact) mass is 265 g/mol. The molecule has 1 rings (SSSR count). The summed E-state index contributed by atoms with van der Waals surface area (Å²) in [5.41, 5.74) is 1.27. The van der Waals surface area contributed by atoms with Crippen molar-refractivity contribution in [2.45, 2.75) is 51.9 Å². The number of nitrogens with zero attached hydrogens (tertiary/aromatic N) is 1. The molecule has 0 spiro atoms. The molecule has 0 fully saturated rings. The molecular weight excluding hydrogens is 237 g/mol. The van der Waals surface area contributed by atoms with Crippen LogP contribution in [0.4, 0.5) is 5.69 Å². The van der Waals surface area contributed by atoms with Gasteiger partial charge in [-0.3, -0.25) is 0 Å². The topological polar surface area (TPSA) is 3.24 Å². The average molecular weight is 265 g/mol. The summed E-state index contributed by atoms with van der Waals surface area (Å²) in [6.45, 7) is 14.2. The number of anilines is 1. The summed E-state index contributed by atoms with van der Waals surface area (Å²) >= 11 is 0. The Morgan fingerprint density at radius 2 is 1.17 bits per heavy atom. The minimum Gasteiger partial charge on any atom is -0.378 e. The lowest BCUT2D eigenvalue weighted by Gasteiger charge is -2.41. The van der Waals surface area contributed by atoms with Crippen LogP contribution in [0.2, 0.25) is 0 Å². The van der Waals surface area contributed by atoms with Gasteiger partial charge in [0, 0.05) is 19.8 Å². The summed E-state index contributed by atoms with van der Waals surface area (Å²) in [6, 6.07) is 9.11. The van der Waals surface area contributed by atoms with Crippen molar-refractivity contribution in [2.24, 2.45) is 0 Å². The van der Waals surface area contributed by atoms with Crippen LogP contribution in [0, 0.1) is 0 Å². The van der Waals surface area contributed by atoms with Gasteiger partial charge in [-0.25, -0.2) is 0 Å². The highest BCUT2D eigenvalue weighted by molar-refractivity contribution is 7.68. The molecule has 0 bridgehead atoms. The van der Waals surface area contributed by atoms with Gasteiger partial charge < -0.3 is 4.90 Å². The van der Waals surface area contributed by atoms with Crippen LogP contribution in [0.25, 0.3) is 0 Å². The van der Waals surface area contributed by atoms with Gasteiger partial charge in [0.15, 0.2) is 0 Å². The van der Waals surface area contributed by atoms with Gasteiger partial charge in [-0.15, -0.1) is 0 Å². The summed E-state index contributed by atoms with van der Waals surface area (Å²) in [4.78, 5) is 2.15. The molecule has 2 heteroatoms. The van der Waals surface area contributed by atoms with Gasteiger partial charge in [-0.05, 0) is 27.7 Å². The van der Waals surface area contributed by atoms with Gasteiger partial charge in [0.1, 0.15) is 0 Å². The van der Waals surface area contributed by atoms with Gasteiger partial charge in [-0.2, -0.15) is 0 Å². The third-order valence-electron chi connectivity index (χ3n) is 2.97. The fourth-order valence-corrected chi connectivity index (χ4v) is 6.69. The van der Waals surface area contributed by atoms with E-state index in [1.54, 1.807) is 0 Å².